The van der Waals surface area contributed by atoms with Crippen molar-refractivity contribution in [2.75, 3.05) is 13.2 Å². The van der Waals surface area contributed by atoms with Crippen LogP contribution in [0.4, 0.5) is 4.39 Å². The van der Waals surface area contributed by atoms with Gasteiger partial charge in [0.2, 0.25) is 5.91 Å². The lowest BCUT2D eigenvalue weighted by molar-refractivity contribution is -0.127. The number of benzene rings is 1. The predicted molar refractivity (Wildman–Crippen MR) is 66.0 cm³/mol. The highest BCUT2D eigenvalue weighted by Crippen LogP contribution is 2.22. The summed E-state index contributed by atoms with van der Waals surface area (Å²) < 4.78 is 18.2. The summed E-state index contributed by atoms with van der Waals surface area (Å²) in [6, 6.07) is 4.10. The van der Waals surface area contributed by atoms with Gasteiger partial charge in [0.15, 0.2) is 0 Å². The van der Waals surface area contributed by atoms with Crippen LogP contribution in [0.25, 0.3) is 0 Å². The predicted octanol–water partition coefficient (Wildman–Crippen LogP) is 0.508. The molecule has 1 aliphatic rings. The highest BCUT2D eigenvalue weighted by atomic mass is 19.1. The van der Waals surface area contributed by atoms with Crippen molar-refractivity contribution in [2.24, 2.45) is 5.73 Å². The molecule has 2 rings (SSSR count). The van der Waals surface area contributed by atoms with E-state index in [1.807, 2.05) is 0 Å². The summed E-state index contributed by atoms with van der Waals surface area (Å²) in [5.41, 5.74) is 5.15. The fourth-order valence-corrected chi connectivity index (χ4v) is 2.00. The number of amides is 2. The molecule has 5 nitrogen and oxygen atoms in total. The van der Waals surface area contributed by atoms with Crippen LogP contribution in [0.15, 0.2) is 18.2 Å². The summed E-state index contributed by atoms with van der Waals surface area (Å²) in [5, 5.41) is 2.74. The van der Waals surface area contributed by atoms with Crippen LogP contribution in [0.3, 0.4) is 0 Å². The van der Waals surface area contributed by atoms with E-state index < -0.39 is 11.4 Å². The number of nitrogens with one attached hydrogen (secondary N) is 1. The van der Waals surface area contributed by atoms with E-state index in [2.05, 4.69) is 5.32 Å². The molecule has 0 atom stereocenters. The summed E-state index contributed by atoms with van der Waals surface area (Å²) in [4.78, 5) is 23.0. The zero-order chi connectivity index (χ0) is 14.0. The van der Waals surface area contributed by atoms with Gasteiger partial charge in [-0.25, -0.2) is 4.39 Å². The fraction of sp³-hybridized carbons (Fsp3) is 0.385. The Labute approximate surface area is 109 Å². The normalized spacial score (nSPS) is 16.5. The topological polar surface area (TPSA) is 81.4 Å². The smallest absolute Gasteiger partial charge is 0.251 e. The lowest BCUT2D eigenvalue weighted by atomic mass is 9.92. The maximum atomic E-state index is 13.1. The number of ether oxygens (including phenoxy) is 1. The molecule has 2 amide bonds. The highest BCUT2D eigenvalue weighted by Gasteiger charge is 2.41. The highest BCUT2D eigenvalue weighted by molar-refractivity contribution is 5.95. The zero-order valence-electron chi connectivity index (χ0n) is 10.5. The van der Waals surface area contributed by atoms with E-state index >= 15 is 0 Å². The van der Waals surface area contributed by atoms with E-state index in [4.69, 9.17) is 10.5 Å². The van der Waals surface area contributed by atoms with E-state index in [0.717, 1.165) is 0 Å². The Bertz CT molecular complexity index is 527. The Morgan fingerprint density at radius 2 is 2.16 bits per heavy atom. The lowest BCUT2D eigenvalue weighted by Gasteiger charge is -2.41. The van der Waals surface area contributed by atoms with Crippen LogP contribution in [0.5, 0.6) is 0 Å². The Morgan fingerprint density at radius 3 is 2.63 bits per heavy atom. The van der Waals surface area contributed by atoms with Gasteiger partial charge in [0, 0.05) is 5.56 Å². The van der Waals surface area contributed by atoms with Crippen LogP contribution in [-0.4, -0.2) is 30.6 Å². The number of hydrogen-bond donors (Lipinski definition) is 2. The standard InChI is InChI=1S/C13H15FN2O3/c1-8-4-9(2-3-10(8)14)12(18)16-13(5-11(15)17)6-19-7-13/h2-4H,5-7H2,1H3,(H2,15,17)(H,16,18). The molecule has 0 radical (unpaired) electrons. The molecule has 1 aromatic rings. The van der Waals surface area contributed by atoms with Gasteiger partial charge in [-0.1, -0.05) is 0 Å². The van der Waals surface area contributed by atoms with Gasteiger partial charge in [-0.3, -0.25) is 9.59 Å². The first-order chi connectivity index (χ1) is 8.92. The van der Waals surface area contributed by atoms with Crippen molar-refractivity contribution in [3.05, 3.63) is 35.1 Å². The van der Waals surface area contributed by atoms with Crippen molar-refractivity contribution in [3.8, 4) is 0 Å². The van der Waals surface area contributed by atoms with Gasteiger partial charge in [0.1, 0.15) is 5.82 Å². The first-order valence-electron chi connectivity index (χ1n) is 5.87. The molecule has 0 aliphatic carbocycles. The summed E-state index contributed by atoms with van der Waals surface area (Å²) in [7, 11) is 0. The molecule has 102 valence electrons. The second-order valence-electron chi connectivity index (χ2n) is 4.83. The number of carbonyl (C=O) groups is 2. The number of halogens is 1. The van der Waals surface area contributed by atoms with Gasteiger partial charge < -0.3 is 15.8 Å². The fourth-order valence-electron chi connectivity index (χ4n) is 2.00. The van der Waals surface area contributed by atoms with E-state index in [-0.39, 0.29) is 31.4 Å². The molecule has 0 bridgehead atoms. The Kier molecular flexibility index (Phi) is 3.53. The van der Waals surface area contributed by atoms with E-state index in [0.29, 0.717) is 11.1 Å². The summed E-state index contributed by atoms with van der Waals surface area (Å²) >= 11 is 0. The van der Waals surface area contributed by atoms with Crippen molar-refractivity contribution in [3.63, 3.8) is 0 Å². The molecule has 19 heavy (non-hydrogen) atoms. The maximum Gasteiger partial charge on any atom is 0.251 e. The zero-order valence-corrected chi connectivity index (χ0v) is 10.5. The van der Waals surface area contributed by atoms with Gasteiger partial charge >= 0.3 is 0 Å². The Morgan fingerprint density at radius 1 is 1.47 bits per heavy atom. The third-order valence-electron chi connectivity index (χ3n) is 3.07. The molecule has 6 heteroatoms. The van der Waals surface area contributed by atoms with E-state index in [1.165, 1.54) is 18.2 Å². The third kappa shape index (κ3) is 2.90. The first kappa shape index (κ1) is 13.5. The molecule has 1 aromatic carbocycles. The SMILES string of the molecule is Cc1cc(C(=O)NC2(CC(N)=O)COC2)ccc1F. The number of primary amides is 1. The van der Waals surface area contributed by atoms with Gasteiger partial charge in [-0.15, -0.1) is 0 Å². The minimum absolute atomic E-state index is 0.0267. The molecule has 1 aliphatic heterocycles. The van der Waals surface area contributed by atoms with Gasteiger partial charge in [0.25, 0.3) is 5.91 Å². The van der Waals surface area contributed by atoms with Crippen LogP contribution >= 0.6 is 0 Å². The van der Waals surface area contributed by atoms with Crippen LogP contribution in [-0.2, 0) is 9.53 Å². The molecular weight excluding hydrogens is 251 g/mol. The van der Waals surface area contributed by atoms with Crippen molar-refractivity contribution in [1.29, 1.82) is 0 Å². The third-order valence-corrected chi connectivity index (χ3v) is 3.07. The van der Waals surface area contributed by atoms with Crippen molar-refractivity contribution in [1.82, 2.24) is 5.32 Å². The second kappa shape index (κ2) is 4.97. The number of hydrogen-bond acceptors (Lipinski definition) is 3. The quantitative estimate of drug-likeness (QED) is 0.833. The molecule has 0 saturated carbocycles. The maximum absolute atomic E-state index is 13.1. The van der Waals surface area contributed by atoms with Crippen LogP contribution in [0.2, 0.25) is 0 Å². The van der Waals surface area contributed by atoms with Crippen molar-refractivity contribution >= 4 is 11.8 Å². The minimum Gasteiger partial charge on any atom is -0.376 e. The molecular formula is C13H15FN2O3. The largest absolute Gasteiger partial charge is 0.376 e. The van der Waals surface area contributed by atoms with Gasteiger partial charge in [-0.2, -0.15) is 0 Å². The van der Waals surface area contributed by atoms with Crippen molar-refractivity contribution in [2.45, 2.75) is 18.9 Å². The number of rotatable bonds is 4. The van der Waals surface area contributed by atoms with E-state index in [9.17, 15) is 14.0 Å². The summed E-state index contributed by atoms with van der Waals surface area (Å²) in [6.07, 6.45) is 0.0267. The summed E-state index contributed by atoms with van der Waals surface area (Å²) in [6.45, 7) is 2.08. The van der Waals surface area contributed by atoms with Crippen LogP contribution in [0, 0.1) is 12.7 Å². The molecule has 0 unspecified atom stereocenters. The minimum atomic E-state index is -0.731. The molecule has 0 aromatic heterocycles. The average molecular weight is 266 g/mol. The van der Waals surface area contributed by atoms with Crippen LogP contribution < -0.4 is 11.1 Å². The number of aryl methyl sites for hydroxylation is 1. The Hall–Kier alpha value is -1.95. The molecule has 1 fully saturated rings. The van der Waals surface area contributed by atoms with Gasteiger partial charge in [0.05, 0.1) is 25.2 Å². The molecule has 3 N–H and O–H groups in total. The van der Waals surface area contributed by atoms with Crippen molar-refractivity contribution < 1.29 is 18.7 Å². The number of carbonyl (C=O) groups excluding carboxylic acids is 2. The number of nitrogens with two attached hydrogens (primary N) is 1. The summed E-state index contributed by atoms with van der Waals surface area (Å²) in [5.74, 6) is -1.23. The van der Waals surface area contributed by atoms with E-state index in [1.54, 1.807) is 6.92 Å². The van der Waals surface area contributed by atoms with Gasteiger partial charge in [-0.05, 0) is 30.7 Å². The average Bonchev–Trinajstić information content (AvgIpc) is 2.29. The first-order valence-corrected chi connectivity index (χ1v) is 5.87. The lowest BCUT2D eigenvalue weighted by Crippen LogP contribution is -2.63. The molecule has 0 spiro atoms. The second-order valence-corrected chi connectivity index (χ2v) is 4.83. The Balaban J connectivity index is 2.11. The molecule has 1 heterocycles. The molecule has 1 saturated heterocycles. The van der Waals surface area contributed by atoms with Crippen LogP contribution in [0.1, 0.15) is 22.3 Å². The monoisotopic (exact) mass is 266 g/mol.